The molecule has 0 saturated carbocycles. The molecule has 2 rings (SSSR count). The molecule has 21 heavy (non-hydrogen) atoms. The summed E-state index contributed by atoms with van der Waals surface area (Å²) in [4.78, 5) is 26.1. The molecule has 1 heterocycles. The molecule has 0 spiro atoms. The van der Waals surface area contributed by atoms with Crippen molar-refractivity contribution in [2.24, 2.45) is 5.92 Å². The molecule has 0 aromatic heterocycles. The van der Waals surface area contributed by atoms with Crippen LogP contribution in [0.25, 0.3) is 0 Å². The van der Waals surface area contributed by atoms with Gasteiger partial charge in [-0.1, -0.05) is 11.6 Å². The van der Waals surface area contributed by atoms with Gasteiger partial charge in [0.1, 0.15) is 0 Å². The molecule has 2 amide bonds. The van der Waals surface area contributed by atoms with Crippen LogP contribution in [-0.4, -0.2) is 48.9 Å². The fourth-order valence-electron chi connectivity index (χ4n) is 2.43. The number of rotatable bonds is 3. The standard InChI is InChI=1S/C15H20ClN3O2/c1-18(2)17-14(20)11-7-9-19(10-8-11)15(21)12-3-5-13(16)6-4-12/h3-6,11H,7-10H2,1-2H3,(H,17,20). The molecule has 1 aromatic rings. The minimum absolute atomic E-state index is 0.00173. The van der Waals surface area contributed by atoms with E-state index in [1.165, 1.54) is 0 Å². The zero-order valence-corrected chi connectivity index (χ0v) is 13.1. The Morgan fingerprint density at radius 1 is 1.19 bits per heavy atom. The topological polar surface area (TPSA) is 52.7 Å². The Morgan fingerprint density at radius 2 is 1.76 bits per heavy atom. The van der Waals surface area contributed by atoms with Crippen molar-refractivity contribution in [2.45, 2.75) is 12.8 Å². The number of carbonyl (C=O) groups is 2. The molecule has 1 saturated heterocycles. The summed E-state index contributed by atoms with van der Waals surface area (Å²) < 4.78 is 0. The molecule has 0 atom stereocenters. The van der Waals surface area contributed by atoms with Gasteiger partial charge in [0.15, 0.2) is 0 Å². The van der Waals surface area contributed by atoms with Crippen molar-refractivity contribution in [3.8, 4) is 0 Å². The van der Waals surface area contributed by atoms with Gasteiger partial charge in [-0.25, -0.2) is 5.01 Å². The molecule has 6 heteroatoms. The number of hydrazine groups is 1. The first-order chi connectivity index (χ1) is 9.97. The molecular weight excluding hydrogens is 290 g/mol. The summed E-state index contributed by atoms with van der Waals surface area (Å²) in [6.45, 7) is 1.21. The number of piperidine rings is 1. The third kappa shape index (κ3) is 4.19. The first kappa shape index (κ1) is 15.8. The Morgan fingerprint density at radius 3 is 2.29 bits per heavy atom. The monoisotopic (exact) mass is 309 g/mol. The van der Waals surface area contributed by atoms with Crippen molar-refractivity contribution < 1.29 is 9.59 Å². The maximum Gasteiger partial charge on any atom is 0.253 e. The average molecular weight is 310 g/mol. The number of likely N-dealkylation sites (tertiary alicyclic amines) is 1. The van der Waals surface area contributed by atoms with Crippen LogP contribution < -0.4 is 5.43 Å². The Hall–Kier alpha value is -1.59. The highest BCUT2D eigenvalue weighted by Crippen LogP contribution is 2.20. The lowest BCUT2D eigenvalue weighted by molar-refractivity contribution is -0.130. The lowest BCUT2D eigenvalue weighted by Gasteiger charge is -2.32. The van der Waals surface area contributed by atoms with E-state index in [1.807, 2.05) is 0 Å². The summed E-state index contributed by atoms with van der Waals surface area (Å²) >= 11 is 5.82. The highest BCUT2D eigenvalue weighted by atomic mass is 35.5. The summed E-state index contributed by atoms with van der Waals surface area (Å²) in [6.07, 6.45) is 1.39. The van der Waals surface area contributed by atoms with Gasteiger partial charge < -0.3 is 4.90 Å². The largest absolute Gasteiger partial charge is 0.339 e. The van der Waals surface area contributed by atoms with Crippen LogP contribution in [0.15, 0.2) is 24.3 Å². The number of carbonyl (C=O) groups excluding carboxylic acids is 2. The van der Waals surface area contributed by atoms with E-state index in [-0.39, 0.29) is 17.7 Å². The fourth-order valence-corrected chi connectivity index (χ4v) is 2.56. The zero-order valence-electron chi connectivity index (χ0n) is 12.3. The molecule has 0 radical (unpaired) electrons. The molecule has 114 valence electrons. The van der Waals surface area contributed by atoms with E-state index < -0.39 is 0 Å². The number of halogens is 1. The van der Waals surface area contributed by atoms with E-state index in [4.69, 9.17) is 11.6 Å². The lowest BCUT2D eigenvalue weighted by Crippen LogP contribution is -2.46. The van der Waals surface area contributed by atoms with Crippen LogP contribution in [0.1, 0.15) is 23.2 Å². The summed E-state index contributed by atoms with van der Waals surface area (Å²) in [5, 5.41) is 2.26. The molecule has 1 aliphatic heterocycles. The van der Waals surface area contributed by atoms with Crippen molar-refractivity contribution in [3.63, 3.8) is 0 Å². The summed E-state index contributed by atoms with van der Waals surface area (Å²) in [7, 11) is 3.58. The molecule has 1 aromatic carbocycles. The number of nitrogens with zero attached hydrogens (tertiary/aromatic N) is 2. The normalized spacial score (nSPS) is 16.1. The predicted molar refractivity (Wildman–Crippen MR) is 81.9 cm³/mol. The Kier molecular flexibility index (Phi) is 5.20. The third-order valence-corrected chi connectivity index (χ3v) is 3.83. The van der Waals surface area contributed by atoms with Crippen LogP contribution in [0, 0.1) is 5.92 Å². The van der Waals surface area contributed by atoms with Crippen LogP contribution in [0.2, 0.25) is 5.02 Å². The Bertz CT molecular complexity index is 508. The van der Waals surface area contributed by atoms with E-state index in [0.717, 1.165) is 0 Å². The summed E-state index contributed by atoms with van der Waals surface area (Å²) in [5.74, 6) is -0.00149. The van der Waals surface area contributed by atoms with E-state index in [2.05, 4.69) is 5.43 Å². The van der Waals surface area contributed by atoms with Gasteiger partial charge in [-0.2, -0.15) is 0 Å². The van der Waals surface area contributed by atoms with Crippen molar-refractivity contribution >= 4 is 23.4 Å². The minimum atomic E-state index is -0.0262. The van der Waals surface area contributed by atoms with Gasteiger partial charge in [0, 0.05) is 43.7 Å². The highest BCUT2D eigenvalue weighted by molar-refractivity contribution is 6.30. The van der Waals surface area contributed by atoms with Crippen LogP contribution in [-0.2, 0) is 4.79 Å². The lowest BCUT2D eigenvalue weighted by atomic mass is 9.95. The van der Waals surface area contributed by atoms with Crippen molar-refractivity contribution in [1.29, 1.82) is 0 Å². The first-order valence-electron chi connectivity index (χ1n) is 7.00. The van der Waals surface area contributed by atoms with E-state index >= 15 is 0 Å². The summed E-state index contributed by atoms with van der Waals surface area (Å²) in [5.41, 5.74) is 3.41. The van der Waals surface area contributed by atoms with E-state index in [0.29, 0.717) is 36.5 Å². The minimum Gasteiger partial charge on any atom is -0.339 e. The van der Waals surface area contributed by atoms with Gasteiger partial charge in [-0.15, -0.1) is 0 Å². The number of amides is 2. The number of benzene rings is 1. The maximum atomic E-state index is 12.3. The molecule has 1 fully saturated rings. The van der Waals surface area contributed by atoms with Gasteiger partial charge in [0.25, 0.3) is 5.91 Å². The molecule has 1 N–H and O–H groups in total. The molecule has 0 unspecified atom stereocenters. The van der Waals surface area contributed by atoms with Crippen molar-refractivity contribution in [3.05, 3.63) is 34.9 Å². The van der Waals surface area contributed by atoms with Crippen LogP contribution in [0.5, 0.6) is 0 Å². The molecule has 1 aliphatic rings. The maximum absolute atomic E-state index is 12.3. The second-order valence-electron chi connectivity index (χ2n) is 5.44. The van der Waals surface area contributed by atoms with Crippen LogP contribution in [0.3, 0.4) is 0 Å². The number of nitrogens with one attached hydrogen (secondary N) is 1. The summed E-state index contributed by atoms with van der Waals surface area (Å²) in [6, 6.07) is 6.89. The number of hydrogen-bond donors (Lipinski definition) is 1. The highest BCUT2D eigenvalue weighted by Gasteiger charge is 2.27. The first-order valence-corrected chi connectivity index (χ1v) is 7.38. The zero-order chi connectivity index (χ0) is 15.4. The number of hydrogen-bond acceptors (Lipinski definition) is 3. The van der Waals surface area contributed by atoms with E-state index in [1.54, 1.807) is 48.3 Å². The molecule has 5 nitrogen and oxygen atoms in total. The second kappa shape index (κ2) is 6.91. The Balaban J connectivity index is 1.90. The smallest absolute Gasteiger partial charge is 0.253 e. The average Bonchev–Trinajstić information content (AvgIpc) is 2.47. The van der Waals surface area contributed by atoms with Gasteiger partial charge in [-0.3, -0.25) is 15.0 Å². The second-order valence-corrected chi connectivity index (χ2v) is 5.88. The third-order valence-electron chi connectivity index (χ3n) is 3.58. The van der Waals surface area contributed by atoms with Gasteiger partial charge in [-0.05, 0) is 37.1 Å². The quantitative estimate of drug-likeness (QED) is 0.866. The fraction of sp³-hybridized carbons (Fsp3) is 0.467. The molecule has 0 aliphatic carbocycles. The SMILES string of the molecule is CN(C)NC(=O)C1CCN(C(=O)c2ccc(Cl)cc2)CC1. The van der Waals surface area contributed by atoms with Gasteiger partial charge in [0.2, 0.25) is 5.91 Å². The van der Waals surface area contributed by atoms with E-state index in [9.17, 15) is 9.59 Å². The molecular formula is C15H20ClN3O2. The van der Waals surface area contributed by atoms with Gasteiger partial charge in [0.05, 0.1) is 0 Å². The van der Waals surface area contributed by atoms with Crippen LogP contribution >= 0.6 is 11.6 Å². The Labute approximate surface area is 129 Å². The van der Waals surface area contributed by atoms with Crippen LogP contribution in [0.4, 0.5) is 0 Å². The van der Waals surface area contributed by atoms with Crippen molar-refractivity contribution in [1.82, 2.24) is 15.3 Å². The van der Waals surface area contributed by atoms with Gasteiger partial charge >= 0.3 is 0 Å². The predicted octanol–water partition coefficient (Wildman–Crippen LogP) is 1.79. The van der Waals surface area contributed by atoms with Crippen molar-refractivity contribution in [2.75, 3.05) is 27.2 Å². The molecule has 0 bridgehead atoms.